The maximum absolute atomic E-state index is 10.4. The summed E-state index contributed by atoms with van der Waals surface area (Å²) in [5.41, 5.74) is 12.9. The van der Waals surface area contributed by atoms with Crippen molar-refractivity contribution in [2.24, 2.45) is 16.5 Å². The first kappa shape index (κ1) is 21.4. The highest BCUT2D eigenvalue weighted by molar-refractivity contribution is 7.79. The molecular weight excluding hydrogens is 366 g/mol. The molecule has 1 aromatic carbocycles. The summed E-state index contributed by atoms with van der Waals surface area (Å²) in [7, 11) is -3.44. The van der Waals surface area contributed by atoms with E-state index in [1.165, 1.54) is 0 Å². The fourth-order valence-corrected chi connectivity index (χ4v) is 2.06. The summed E-state index contributed by atoms with van der Waals surface area (Å²) in [4.78, 5) is 18.5. The normalized spacial score (nSPS) is 13.6. The van der Waals surface area contributed by atoms with E-state index in [2.05, 4.69) is 9.98 Å². The number of carbonyl (C=O) groups excluding carboxylic acids is 1. The average Bonchev–Trinajstić information content (AvgIpc) is 3.01. The van der Waals surface area contributed by atoms with Crippen molar-refractivity contribution in [3.05, 3.63) is 30.0 Å². The molecule has 2 aromatic rings. The molecule has 0 radical (unpaired) electrons. The highest BCUT2D eigenvalue weighted by atomic mass is 32.3. The molecule has 1 aliphatic rings. The minimum atomic E-state index is -5.17. The molecule has 0 unspecified atom stereocenters. The lowest BCUT2D eigenvalue weighted by molar-refractivity contribution is -0.116. The van der Waals surface area contributed by atoms with Gasteiger partial charge >= 0.3 is 0 Å². The van der Waals surface area contributed by atoms with Crippen molar-refractivity contribution in [2.45, 2.75) is 6.42 Å². The van der Waals surface area contributed by atoms with Crippen LogP contribution in [0.15, 0.2) is 29.4 Å². The van der Waals surface area contributed by atoms with Crippen LogP contribution in [0.5, 0.6) is 5.75 Å². The molecule has 1 amide bonds. The Bertz CT molecular complexity index is 884. The summed E-state index contributed by atoms with van der Waals surface area (Å²) in [5, 5.41) is 10.4. The molecule has 1 aromatic heterocycles. The maximum atomic E-state index is 10.4. The van der Waals surface area contributed by atoms with Gasteiger partial charge in [-0.1, -0.05) is 0 Å². The predicted molar refractivity (Wildman–Crippen MR) is 92.5 cm³/mol. The Labute approximate surface area is 149 Å². The fourth-order valence-electron chi connectivity index (χ4n) is 2.06. The summed E-state index contributed by atoms with van der Waals surface area (Å²) in [6.45, 7) is 0.953. The predicted octanol–water partition coefficient (Wildman–Crippen LogP) is -1.19. The van der Waals surface area contributed by atoms with Gasteiger partial charge in [0.15, 0.2) is 5.96 Å². The number of aliphatic imine (C=N–C) groups is 1. The molecule has 1 aliphatic heterocycles. The van der Waals surface area contributed by atoms with Gasteiger partial charge in [0.25, 0.3) is 5.91 Å². The third-order valence-corrected chi connectivity index (χ3v) is 3.17. The van der Waals surface area contributed by atoms with Crippen molar-refractivity contribution in [1.29, 1.82) is 0 Å². The van der Waals surface area contributed by atoms with Crippen molar-refractivity contribution in [3.63, 3.8) is 0 Å². The van der Waals surface area contributed by atoms with Gasteiger partial charge in [0.2, 0.25) is 0 Å². The van der Waals surface area contributed by atoms with E-state index in [0.29, 0.717) is 24.8 Å². The highest BCUT2D eigenvalue weighted by Gasteiger charge is 2.15. The first-order valence-corrected chi connectivity index (χ1v) is 8.58. The molecule has 6 N–H and O–H groups in total. The molecule has 11 nitrogen and oxygen atoms in total. The van der Waals surface area contributed by atoms with Gasteiger partial charge in [-0.3, -0.25) is 13.2 Å². The highest BCUT2D eigenvalue weighted by Crippen LogP contribution is 2.22. The number of aromatic nitrogens is 1. The van der Waals surface area contributed by atoms with Crippen LogP contribution in [-0.2, 0) is 21.6 Å². The topological polar surface area (TPSA) is 201 Å². The fraction of sp³-hybridized carbons (Fsp3) is 0.286. The number of amides is 1. The second-order valence-corrected chi connectivity index (χ2v) is 6.03. The lowest BCUT2D eigenvalue weighted by atomic mass is 10.1. The van der Waals surface area contributed by atoms with Crippen LogP contribution in [0, 0.1) is 0 Å². The van der Waals surface area contributed by atoms with Gasteiger partial charge in [-0.25, -0.2) is 0 Å². The minimum absolute atomic E-state index is 0.162. The summed E-state index contributed by atoms with van der Waals surface area (Å²) in [6.07, 6.45) is 2.78. The van der Waals surface area contributed by atoms with Crippen molar-refractivity contribution >= 4 is 33.2 Å². The van der Waals surface area contributed by atoms with Gasteiger partial charge in [0, 0.05) is 34.5 Å². The molecule has 2 heterocycles. The standard InChI is InChI=1S/C10H12N2O.C4H7N3O.H2O4S/c11-4-3-7-6-12-10-2-1-8(13)5-9(7)10;1-7-2-3(8)6-4(7)5;1-5(2,3)4/h1-2,5-6,12-13H,3-4,11H2;2H2,1H3,(H2,5,6,8);(H2,1,2,3,4)/p-2. The van der Waals surface area contributed by atoms with Crippen molar-refractivity contribution < 1.29 is 27.4 Å². The number of aromatic hydroxyl groups is 1. The number of nitrogens with zero attached hydrogens (tertiary/aromatic N) is 2. The van der Waals surface area contributed by atoms with Gasteiger partial charge in [0.05, 0.1) is 0 Å². The van der Waals surface area contributed by atoms with Gasteiger partial charge < -0.3 is 35.6 Å². The Morgan fingerprint density at radius 3 is 2.42 bits per heavy atom. The van der Waals surface area contributed by atoms with Crippen molar-refractivity contribution in [3.8, 4) is 5.75 Å². The number of hydrogen-bond acceptors (Lipinski definition) is 9. The van der Waals surface area contributed by atoms with E-state index in [9.17, 15) is 9.90 Å². The van der Waals surface area contributed by atoms with E-state index < -0.39 is 10.4 Å². The molecule has 3 rings (SSSR count). The summed E-state index contributed by atoms with van der Waals surface area (Å²) in [5.74, 6) is 0.449. The smallest absolute Gasteiger partial charge is 0.268 e. The van der Waals surface area contributed by atoms with Crippen LogP contribution < -0.4 is 11.5 Å². The van der Waals surface area contributed by atoms with Crippen LogP contribution >= 0.6 is 0 Å². The van der Waals surface area contributed by atoms with Gasteiger partial charge in [-0.15, -0.1) is 0 Å². The van der Waals surface area contributed by atoms with Crippen LogP contribution in [0.4, 0.5) is 0 Å². The van der Waals surface area contributed by atoms with Crippen molar-refractivity contribution in [1.82, 2.24) is 9.88 Å². The van der Waals surface area contributed by atoms with Crippen molar-refractivity contribution in [2.75, 3.05) is 20.1 Å². The average molecular weight is 385 g/mol. The molecule has 0 spiro atoms. The first-order chi connectivity index (χ1) is 12.0. The maximum Gasteiger partial charge on any atom is 0.268 e. The van der Waals surface area contributed by atoms with Crippen LogP contribution in [0.3, 0.4) is 0 Å². The number of carbonyl (C=O) groups is 1. The van der Waals surface area contributed by atoms with E-state index in [1.807, 2.05) is 12.3 Å². The molecule has 0 saturated heterocycles. The zero-order valence-electron chi connectivity index (χ0n) is 13.9. The van der Waals surface area contributed by atoms with Crippen LogP contribution in [0.25, 0.3) is 10.9 Å². The van der Waals surface area contributed by atoms with E-state index in [4.69, 9.17) is 29.0 Å². The zero-order chi connectivity index (χ0) is 19.9. The Morgan fingerprint density at radius 2 is 2.00 bits per heavy atom. The summed E-state index contributed by atoms with van der Waals surface area (Å²) in [6, 6.07) is 5.30. The SMILES string of the molecule is CN1CC(=O)N=C1N.NCCc1c[nH]c2ccc(O)cc12.O=S(=O)([O-])[O-]. The number of guanidine groups is 1. The number of aromatic amines is 1. The second-order valence-electron chi connectivity index (χ2n) is 5.21. The number of phenolic OH excluding ortho intramolecular Hbond substituents is 1. The zero-order valence-corrected chi connectivity index (χ0v) is 14.7. The Hall–Kier alpha value is -2.67. The largest absolute Gasteiger partial charge is 0.759 e. The number of phenols is 1. The number of nitrogens with one attached hydrogen (secondary N) is 1. The van der Waals surface area contributed by atoms with E-state index in [1.54, 1.807) is 24.1 Å². The quantitative estimate of drug-likeness (QED) is 0.362. The number of benzene rings is 1. The Kier molecular flexibility index (Phi) is 7.52. The number of likely N-dealkylation sites (N-methyl/N-ethyl adjacent to an activating group) is 1. The van der Waals surface area contributed by atoms with E-state index >= 15 is 0 Å². The third-order valence-electron chi connectivity index (χ3n) is 3.17. The van der Waals surface area contributed by atoms with Crippen LogP contribution in [-0.4, -0.2) is 64.5 Å². The molecule has 0 bridgehead atoms. The van der Waals surface area contributed by atoms with E-state index in [-0.39, 0.29) is 5.91 Å². The summed E-state index contributed by atoms with van der Waals surface area (Å²) < 4.78 is 34.1. The van der Waals surface area contributed by atoms with Crippen LogP contribution in [0.2, 0.25) is 0 Å². The Balaban J connectivity index is 0.000000223. The molecule has 0 aliphatic carbocycles. The lowest BCUT2D eigenvalue weighted by Gasteiger charge is -2.06. The molecular formula is C14H19N5O6S-2. The van der Waals surface area contributed by atoms with Gasteiger partial charge in [0.1, 0.15) is 12.3 Å². The number of hydrogen-bond donors (Lipinski definition) is 4. The summed E-state index contributed by atoms with van der Waals surface area (Å²) >= 11 is 0. The molecule has 12 heteroatoms. The number of rotatable bonds is 2. The van der Waals surface area contributed by atoms with E-state index in [0.717, 1.165) is 22.9 Å². The van der Waals surface area contributed by atoms with Crippen LogP contribution in [0.1, 0.15) is 5.56 Å². The third kappa shape index (κ3) is 7.48. The first-order valence-electron chi connectivity index (χ1n) is 7.25. The monoisotopic (exact) mass is 385 g/mol. The number of H-pyrrole nitrogens is 1. The van der Waals surface area contributed by atoms with Gasteiger partial charge in [-0.2, -0.15) is 4.99 Å². The number of nitrogens with two attached hydrogens (primary N) is 2. The van der Waals surface area contributed by atoms with Gasteiger partial charge in [-0.05, 0) is 36.7 Å². The molecule has 0 atom stereocenters. The molecule has 144 valence electrons. The molecule has 0 fully saturated rings. The number of fused-ring (bicyclic) bond motifs is 1. The molecule has 26 heavy (non-hydrogen) atoms. The lowest BCUT2D eigenvalue weighted by Crippen LogP contribution is -2.29. The minimum Gasteiger partial charge on any atom is -0.759 e. The molecule has 0 saturated carbocycles. The second kappa shape index (κ2) is 9.15. The Morgan fingerprint density at radius 1 is 1.38 bits per heavy atom.